The Morgan fingerprint density at radius 1 is 1.19 bits per heavy atom. The van der Waals surface area contributed by atoms with Crippen molar-refractivity contribution in [3.63, 3.8) is 0 Å². The topological polar surface area (TPSA) is 86.8 Å². The van der Waals surface area contributed by atoms with Gasteiger partial charge < -0.3 is 14.2 Å². The number of aromatic nitrogens is 1. The van der Waals surface area contributed by atoms with E-state index in [4.69, 9.17) is 14.2 Å². The highest BCUT2D eigenvalue weighted by Gasteiger charge is 2.22. The number of para-hydroxylation sites is 1. The number of methoxy groups -OCH3 is 2. The van der Waals surface area contributed by atoms with Gasteiger partial charge in [-0.05, 0) is 31.5 Å². The molecule has 2 aromatic heterocycles. The van der Waals surface area contributed by atoms with Crippen LogP contribution in [0.2, 0.25) is 0 Å². The van der Waals surface area contributed by atoms with Gasteiger partial charge in [-0.2, -0.15) is 0 Å². The Kier molecular flexibility index (Phi) is 5.62. The fourth-order valence-electron chi connectivity index (χ4n) is 2.56. The lowest BCUT2D eigenvalue weighted by Crippen LogP contribution is -2.13. The van der Waals surface area contributed by atoms with Crippen molar-refractivity contribution in [3.8, 4) is 11.5 Å². The van der Waals surface area contributed by atoms with E-state index in [9.17, 15) is 9.59 Å². The lowest BCUT2D eigenvalue weighted by atomic mass is 10.1. The zero-order valence-corrected chi connectivity index (χ0v) is 16.9. The van der Waals surface area contributed by atoms with Crippen molar-refractivity contribution in [2.45, 2.75) is 13.8 Å². The number of hydrogen-bond donors (Lipinski definition) is 1. The third-order valence-corrected chi connectivity index (χ3v) is 6.19. The fraction of sp³-hybridized carbons (Fsp3) is 0.278. The predicted molar refractivity (Wildman–Crippen MR) is 106 cm³/mol. The van der Waals surface area contributed by atoms with Crippen LogP contribution in [0.15, 0.2) is 18.2 Å². The van der Waals surface area contributed by atoms with Gasteiger partial charge in [0.2, 0.25) is 0 Å². The van der Waals surface area contributed by atoms with Crippen LogP contribution in [0.25, 0.3) is 9.53 Å². The minimum Gasteiger partial charge on any atom is -0.493 e. The number of nitrogens with one attached hydrogen (secondary N) is 1. The number of benzene rings is 1. The van der Waals surface area contributed by atoms with Crippen molar-refractivity contribution >= 4 is 49.2 Å². The number of aryl methyl sites for hydroxylation is 1. The van der Waals surface area contributed by atoms with E-state index in [-0.39, 0.29) is 11.9 Å². The van der Waals surface area contributed by atoms with Crippen molar-refractivity contribution in [2.75, 3.05) is 26.1 Å². The zero-order valence-electron chi connectivity index (χ0n) is 15.2. The molecule has 0 fully saturated rings. The molecule has 0 spiro atoms. The van der Waals surface area contributed by atoms with Crippen LogP contribution in [0.3, 0.4) is 0 Å². The van der Waals surface area contributed by atoms with Crippen molar-refractivity contribution < 1.29 is 23.8 Å². The minimum absolute atomic E-state index is 0.320. The molecule has 0 atom stereocenters. The number of esters is 1. The second kappa shape index (κ2) is 7.93. The Morgan fingerprint density at radius 2 is 1.96 bits per heavy atom. The highest BCUT2D eigenvalue weighted by Crippen LogP contribution is 2.38. The number of anilines is 1. The summed E-state index contributed by atoms with van der Waals surface area (Å²) in [5.41, 5.74) is 1.16. The van der Waals surface area contributed by atoms with Gasteiger partial charge in [-0.3, -0.25) is 10.1 Å². The van der Waals surface area contributed by atoms with Crippen LogP contribution in [0, 0.1) is 6.92 Å². The summed E-state index contributed by atoms with van der Waals surface area (Å²) in [5.74, 6) is 0.129. The third-order valence-electron chi connectivity index (χ3n) is 3.80. The van der Waals surface area contributed by atoms with Gasteiger partial charge in [-0.25, -0.2) is 9.78 Å². The molecule has 0 unspecified atom stereocenters. The largest absolute Gasteiger partial charge is 0.493 e. The number of rotatable bonds is 6. The number of amides is 1. The first-order valence-corrected chi connectivity index (χ1v) is 9.72. The molecule has 7 nitrogen and oxygen atoms in total. The molecule has 0 saturated heterocycles. The molecule has 0 radical (unpaired) electrons. The maximum Gasteiger partial charge on any atom is 0.348 e. The van der Waals surface area contributed by atoms with Crippen LogP contribution in [0.4, 0.5) is 5.13 Å². The number of carbonyl (C=O) groups is 2. The molecule has 2 heterocycles. The first-order chi connectivity index (χ1) is 13.0. The lowest BCUT2D eigenvalue weighted by molar-refractivity contribution is 0.0531. The van der Waals surface area contributed by atoms with Gasteiger partial charge in [0.15, 0.2) is 16.6 Å². The van der Waals surface area contributed by atoms with Crippen LogP contribution >= 0.6 is 22.7 Å². The molecule has 0 aliphatic heterocycles. The Balaban J connectivity index is 1.87. The molecule has 27 heavy (non-hydrogen) atoms. The third kappa shape index (κ3) is 3.60. The molecule has 142 valence electrons. The summed E-state index contributed by atoms with van der Waals surface area (Å²) in [6, 6.07) is 5.08. The van der Waals surface area contributed by atoms with Crippen LogP contribution in [0.5, 0.6) is 11.5 Å². The van der Waals surface area contributed by atoms with Crippen LogP contribution < -0.4 is 14.8 Å². The van der Waals surface area contributed by atoms with Gasteiger partial charge in [0.25, 0.3) is 5.91 Å². The molecule has 0 aliphatic rings. The van der Waals surface area contributed by atoms with Crippen LogP contribution in [-0.2, 0) is 4.74 Å². The maximum absolute atomic E-state index is 12.7. The van der Waals surface area contributed by atoms with E-state index >= 15 is 0 Å². The molecule has 9 heteroatoms. The Labute approximate surface area is 163 Å². The highest BCUT2D eigenvalue weighted by molar-refractivity contribution is 7.30. The minimum atomic E-state index is -0.351. The van der Waals surface area contributed by atoms with E-state index in [0.29, 0.717) is 38.5 Å². The van der Waals surface area contributed by atoms with Gasteiger partial charge in [-0.1, -0.05) is 17.4 Å². The molecule has 1 amide bonds. The standard InChI is InChI=1S/C18H18N2O5S2/c1-5-25-17(22)14-9(2)13-16(26-14)20-18(27-13)19-15(21)10-7-6-8-11(23-3)12(10)24-4/h6-8H,5H2,1-4H3,(H,19,20,21). The van der Waals surface area contributed by atoms with E-state index < -0.39 is 0 Å². The molecule has 3 aromatic rings. The Morgan fingerprint density at radius 3 is 2.59 bits per heavy atom. The molecule has 0 saturated carbocycles. The number of fused-ring (bicyclic) bond motifs is 1. The summed E-state index contributed by atoms with van der Waals surface area (Å²) < 4.78 is 16.4. The predicted octanol–water partition coefficient (Wildman–Crippen LogP) is 4.11. The van der Waals surface area contributed by atoms with Gasteiger partial charge in [0.1, 0.15) is 9.71 Å². The summed E-state index contributed by atoms with van der Waals surface area (Å²) in [6.07, 6.45) is 0. The molecule has 1 aromatic carbocycles. The van der Waals surface area contributed by atoms with Gasteiger partial charge in [0.05, 0.1) is 31.1 Å². The monoisotopic (exact) mass is 406 g/mol. The van der Waals surface area contributed by atoms with Crippen molar-refractivity contribution in [1.82, 2.24) is 4.98 Å². The lowest BCUT2D eigenvalue weighted by Gasteiger charge is -2.11. The Hall–Kier alpha value is -2.65. The number of ether oxygens (including phenoxy) is 3. The summed E-state index contributed by atoms with van der Waals surface area (Å²) in [7, 11) is 2.99. The Bertz CT molecular complexity index is 1010. The number of carbonyl (C=O) groups excluding carboxylic acids is 2. The van der Waals surface area contributed by atoms with Gasteiger partial charge in [-0.15, -0.1) is 11.3 Å². The highest BCUT2D eigenvalue weighted by atomic mass is 32.1. The fourth-order valence-corrected chi connectivity index (χ4v) is 4.77. The maximum atomic E-state index is 12.7. The normalized spacial score (nSPS) is 10.7. The number of thiazole rings is 1. The average molecular weight is 406 g/mol. The van der Waals surface area contributed by atoms with E-state index in [1.54, 1.807) is 25.1 Å². The van der Waals surface area contributed by atoms with Gasteiger partial charge in [0, 0.05) is 0 Å². The second-order valence-electron chi connectivity index (χ2n) is 5.43. The quantitative estimate of drug-likeness (QED) is 0.620. The van der Waals surface area contributed by atoms with Crippen LogP contribution in [-0.4, -0.2) is 37.7 Å². The van der Waals surface area contributed by atoms with Gasteiger partial charge >= 0.3 is 5.97 Å². The molecular formula is C18H18N2O5S2. The van der Waals surface area contributed by atoms with E-state index in [0.717, 1.165) is 10.3 Å². The molecule has 3 rings (SSSR count). The molecule has 1 N–H and O–H groups in total. The van der Waals surface area contributed by atoms with E-state index in [2.05, 4.69) is 10.3 Å². The van der Waals surface area contributed by atoms with Crippen molar-refractivity contribution in [1.29, 1.82) is 0 Å². The first kappa shape index (κ1) is 19.1. The first-order valence-electron chi connectivity index (χ1n) is 8.09. The molecule has 0 aliphatic carbocycles. The number of thiophene rings is 1. The van der Waals surface area contributed by atoms with Crippen LogP contribution in [0.1, 0.15) is 32.5 Å². The molecular weight excluding hydrogens is 388 g/mol. The summed E-state index contributed by atoms with van der Waals surface area (Å²) in [4.78, 5) is 30.3. The summed E-state index contributed by atoms with van der Waals surface area (Å²) in [5, 5.41) is 3.23. The second-order valence-corrected chi connectivity index (χ2v) is 7.42. The van der Waals surface area contributed by atoms with E-state index in [1.165, 1.54) is 36.9 Å². The van der Waals surface area contributed by atoms with Crippen molar-refractivity contribution in [3.05, 3.63) is 34.2 Å². The summed E-state index contributed by atoms with van der Waals surface area (Å²) in [6.45, 7) is 3.93. The smallest absolute Gasteiger partial charge is 0.348 e. The molecule has 0 bridgehead atoms. The van der Waals surface area contributed by atoms with Crippen molar-refractivity contribution in [2.24, 2.45) is 0 Å². The number of hydrogen-bond acceptors (Lipinski definition) is 8. The number of nitrogens with zero attached hydrogens (tertiary/aromatic N) is 1. The SMILES string of the molecule is CCOC(=O)c1sc2nc(NC(=O)c3cccc(OC)c3OC)sc2c1C. The van der Waals surface area contributed by atoms with E-state index in [1.807, 2.05) is 6.92 Å². The average Bonchev–Trinajstić information content (AvgIpc) is 3.19. The summed E-state index contributed by atoms with van der Waals surface area (Å²) >= 11 is 2.57. The zero-order chi connectivity index (χ0) is 19.6.